The van der Waals surface area contributed by atoms with Crippen molar-refractivity contribution >= 4 is 34.9 Å². The summed E-state index contributed by atoms with van der Waals surface area (Å²) in [7, 11) is 1.43. The lowest BCUT2D eigenvalue weighted by Crippen LogP contribution is -2.46. The first-order chi connectivity index (χ1) is 23.8. The minimum Gasteiger partial charge on any atom is -0.507 e. The average molecular weight is 710 g/mol. The minimum absolute atomic E-state index is 0.0399. The third kappa shape index (κ3) is 7.08. The normalized spacial score (nSPS) is 34.2. The van der Waals surface area contributed by atoms with Crippen molar-refractivity contribution in [1.82, 2.24) is 0 Å². The molecule has 14 heteroatoms. The van der Waals surface area contributed by atoms with Crippen LogP contribution in [0.25, 0.3) is 5.70 Å². The molecular formula is C37H47N3O11. The van der Waals surface area contributed by atoms with Crippen molar-refractivity contribution in [2.75, 3.05) is 7.11 Å². The maximum Gasteiger partial charge on any atom is 0.312 e. The summed E-state index contributed by atoms with van der Waals surface area (Å²) in [6.45, 7) is 12.4. The Morgan fingerprint density at radius 1 is 0.941 bits per heavy atom. The highest BCUT2D eigenvalue weighted by Gasteiger charge is 2.51. The van der Waals surface area contributed by atoms with Crippen molar-refractivity contribution < 1.29 is 53.4 Å². The van der Waals surface area contributed by atoms with Crippen LogP contribution in [-0.2, 0) is 23.8 Å². The molecule has 0 saturated carbocycles. The number of Topliss-reactive ketones (excluding diaryl/α,β-unsaturated/α-hetero) is 2. The second kappa shape index (κ2) is 14.8. The van der Waals surface area contributed by atoms with Crippen molar-refractivity contribution in [2.24, 2.45) is 40.1 Å². The van der Waals surface area contributed by atoms with Gasteiger partial charge in [-0.1, -0.05) is 45.9 Å². The summed E-state index contributed by atoms with van der Waals surface area (Å²) in [5, 5.41) is 33.8. The summed E-state index contributed by atoms with van der Waals surface area (Å²) in [6.07, 6.45) is 3.44. The Morgan fingerprint density at radius 2 is 1.59 bits per heavy atom. The quantitative estimate of drug-likeness (QED) is 0.279. The molecule has 1 aliphatic carbocycles. The molecule has 0 radical (unpaired) electrons. The number of fused-ring (bicyclic) bond motifs is 13. The first kappa shape index (κ1) is 39.0. The van der Waals surface area contributed by atoms with Crippen LogP contribution in [-0.4, -0.2) is 81.8 Å². The zero-order valence-corrected chi connectivity index (χ0v) is 30.2. The summed E-state index contributed by atoms with van der Waals surface area (Å²) >= 11 is 0. The van der Waals surface area contributed by atoms with Crippen LogP contribution >= 0.6 is 0 Å². The number of benzene rings is 1. The van der Waals surface area contributed by atoms with Crippen LogP contribution in [0.5, 0.6) is 11.5 Å². The first-order valence-electron chi connectivity index (χ1n) is 16.6. The van der Waals surface area contributed by atoms with Gasteiger partial charge in [0.2, 0.25) is 5.78 Å². The van der Waals surface area contributed by atoms with Gasteiger partial charge in [-0.2, -0.15) is 0 Å². The highest BCUT2D eigenvalue weighted by atomic mass is 16.7. The van der Waals surface area contributed by atoms with E-state index in [0.717, 1.165) is 0 Å². The number of hydrogen-bond donors (Lipinski definition) is 5. The Labute approximate surface area is 296 Å². The number of carbonyl (C=O) groups is 4. The number of amides is 1. The van der Waals surface area contributed by atoms with Gasteiger partial charge in [0.25, 0.3) is 11.7 Å². The lowest BCUT2D eigenvalue weighted by molar-refractivity contribution is -0.160. The lowest BCUT2D eigenvalue weighted by atomic mass is 9.78. The van der Waals surface area contributed by atoms with Crippen molar-refractivity contribution in [1.29, 1.82) is 0 Å². The number of ether oxygens (including phenoxy) is 4. The lowest BCUT2D eigenvalue weighted by Gasteiger charge is -2.38. The van der Waals surface area contributed by atoms with E-state index < -0.39 is 88.8 Å². The molecular weight excluding hydrogens is 662 g/mol. The van der Waals surface area contributed by atoms with Gasteiger partial charge in [-0.15, -0.1) is 0 Å². The molecule has 9 atom stereocenters. The fourth-order valence-electron chi connectivity index (χ4n) is 6.72. The van der Waals surface area contributed by atoms with Crippen LogP contribution in [0.15, 0.2) is 46.8 Å². The van der Waals surface area contributed by atoms with Gasteiger partial charge in [0, 0.05) is 61.3 Å². The average Bonchev–Trinajstić information content (AvgIpc) is 3.35. The monoisotopic (exact) mass is 709 g/mol. The van der Waals surface area contributed by atoms with E-state index in [4.69, 9.17) is 30.4 Å². The van der Waals surface area contributed by atoms with Crippen LogP contribution < -0.4 is 16.2 Å². The summed E-state index contributed by atoms with van der Waals surface area (Å²) in [4.78, 5) is 57.1. The second-order valence-electron chi connectivity index (χ2n) is 13.6. The Balaban J connectivity index is 1.89. The number of aliphatic hydroxyl groups is 2. The summed E-state index contributed by atoms with van der Waals surface area (Å²) in [6, 6.07) is 0. The van der Waals surface area contributed by atoms with Crippen LogP contribution in [0.4, 0.5) is 0 Å². The number of methoxy groups -OCH3 is 1. The molecule has 1 aromatic rings. The Morgan fingerprint density at radius 3 is 2.20 bits per heavy atom. The first-order valence-corrected chi connectivity index (χ1v) is 16.6. The van der Waals surface area contributed by atoms with E-state index in [1.807, 2.05) is 0 Å². The minimum atomic E-state index is -2.00. The van der Waals surface area contributed by atoms with Gasteiger partial charge in [0.15, 0.2) is 0 Å². The van der Waals surface area contributed by atoms with Crippen molar-refractivity contribution in [3.05, 3.63) is 64.1 Å². The fourth-order valence-corrected chi connectivity index (χ4v) is 6.72. The summed E-state index contributed by atoms with van der Waals surface area (Å²) < 4.78 is 23.2. The number of nitrogens with zero attached hydrogens (tertiary/aromatic N) is 1. The van der Waals surface area contributed by atoms with Gasteiger partial charge in [-0.3, -0.25) is 19.2 Å². The zero-order chi connectivity index (χ0) is 38.3. The Hall–Kier alpha value is -4.79. The van der Waals surface area contributed by atoms with E-state index >= 15 is 0 Å². The zero-order valence-electron chi connectivity index (χ0n) is 30.2. The second-order valence-corrected chi connectivity index (χ2v) is 13.6. The Kier molecular flexibility index (Phi) is 11.3. The van der Waals surface area contributed by atoms with Gasteiger partial charge < -0.3 is 45.7 Å². The predicted octanol–water partition coefficient (Wildman–Crippen LogP) is 3.00. The van der Waals surface area contributed by atoms with Crippen LogP contribution in [0, 0.1) is 30.6 Å². The third-order valence-electron chi connectivity index (χ3n) is 10.0. The third-order valence-corrected chi connectivity index (χ3v) is 10.0. The molecule has 5 rings (SSSR count). The van der Waals surface area contributed by atoms with Crippen molar-refractivity contribution in [3.63, 3.8) is 0 Å². The van der Waals surface area contributed by atoms with Gasteiger partial charge in [-0.25, -0.2) is 4.99 Å². The van der Waals surface area contributed by atoms with Crippen LogP contribution in [0.2, 0.25) is 0 Å². The van der Waals surface area contributed by atoms with Gasteiger partial charge in [-0.05, 0) is 19.9 Å². The van der Waals surface area contributed by atoms with E-state index in [1.165, 1.54) is 59.3 Å². The number of phenolic OH excluding ortho intramolecular Hbond substituents is 1. The molecule has 0 aromatic heterocycles. The molecule has 0 spiro atoms. The standard InChI is InChI=1S/C37H47N3O11/c1-15-11-10-12-16(2)36(47)40-28-27(39)26(38)23-24(32(28)45)31(44)20(6)34-25(23)35(46)37(8,51-34)49-14-13-22(48-9)17(3)33(50-21(7)41)19(5)30(43)18(4)29(15)42/h10-15,17-19,22,29-30,33,42-44H,38-39H2,1-9H3/b11-10+,14-13+,16-12-,40-28?/t15-,17+,18+,19+,22-,29-,30+,33+,37-/m0/s1. The van der Waals surface area contributed by atoms with E-state index in [9.17, 15) is 34.5 Å². The largest absolute Gasteiger partial charge is 0.507 e. The van der Waals surface area contributed by atoms with E-state index in [0.29, 0.717) is 0 Å². The maximum atomic E-state index is 14.0. The predicted molar refractivity (Wildman–Crippen MR) is 186 cm³/mol. The molecule has 7 N–H and O–H groups in total. The summed E-state index contributed by atoms with van der Waals surface area (Å²) in [5.74, 6) is -8.14. The number of allylic oxidation sites excluding steroid dienone is 3. The number of aromatic hydroxyl groups is 1. The number of esters is 1. The smallest absolute Gasteiger partial charge is 0.312 e. The van der Waals surface area contributed by atoms with Gasteiger partial charge in [0.1, 0.15) is 23.3 Å². The molecule has 1 aromatic carbocycles. The van der Waals surface area contributed by atoms with E-state index in [2.05, 4.69) is 4.99 Å². The molecule has 3 aliphatic heterocycles. The number of carbonyl (C=O) groups excluding carboxylic acids is 4. The molecule has 4 aliphatic rings. The topological polar surface area (TPSA) is 230 Å². The van der Waals surface area contributed by atoms with Crippen LogP contribution in [0.1, 0.15) is 80.3 Å². The number of ketones is 2. The number of rotatable bonds is 2. The van der Waals surface area contributed by atoms with Crippen molar-refractivity contribution in [2.45, 2.75) is 85.6 Å². The number of phenols is 1. The highest BCUT2D eigenvalue weighted by Crippen LogP contribution is 2.49. The maximum absolute atomic E-state index is 14.0. The molecule has 0 fully saturated rings. The molecule has 0 unspecified atom stereocenters. The van der Waals surface area contributed by atoms with Crippen LogP contribution in [0.3, 0.4) is 0 Å². The SMILES string of the molecule is CO[C@H]1/C=C/O[C@@]2(C)Oc3c(C)c(O)c4c(c3C2=O)C(N)=C(N)C(=NC(=O)/C(C)=C\C=C\[C@H](C)[C@H](O)[C@@H](C)[C@@H](O)[C@@H](C)[C@H](OC(C)=O)[C@@H]1C)C4=O. The number of hydrogen-bond acceptors (Lipinski definition) is 13. The highest BCUT2D eigenvalue weighted by molar-refractivity contribution is 6.56. The Bertz CT molecular complexity index is 1790. The van der Waals surface area contributed by atoms with Gasteiger partial charge >= 0.3 is 11.8 Å². The molecule has 1 amide bonds. The molecule has 51 heavy (non-hydrogen) atoms. The fraction of sp³-hybridized carbons (Fsp3) is 0.486. The van der Waals surface area contributed by atoms with Gasteiger partial charge in [0.05, 0.1) is 47.1 Å². The number of nitrogens with two attached hydrogens (primary N) is 2. The molecule has 14 nitrogen and oxygen atoms in total. The number of aliphatic imine (C=N–C) groups is 1. The molecule has 5 bridgehead atoms. The van der Waals surface area contributed by atoms with E-state index in [1.54, 1.807) is 33.8 Å². The molecule has 3 heterocycles. The van der Waals surface area contributed by atoms with Crippen molar-refractivity contribution in [3.8, 4) is 11.5 Å². The van der Waals surface area contributed by atoms with E-state index in [-0.39, 0.29) is 45.0 Å². The molecule has 276 valence electrons. The summed E-state index contributed by atoms with van der Waals surface area (Å²) in [5.41, 5.74) is 11.0. The number of aliphatic hydroxyl groups excluding tert-OH is 2. The molecule has 0 saturated heterocycles.